The maximum Gasteiger partial charge on any atom is 0.208 e. The molecule has 9 N–H and O–H groups in total. The largest absolute Gasteiger partial charge is 0.508 e. The number of allylic oxidation sites excluding steroid dienone is 7. The molecule has 0 saturated heterocycles. The number of aromatic hydroxyl groups is 7. The predicted octanol–water partition coefficient (Wildman–Crippen LogP) is 10.6. The minimum Gasteiger partial charge on any atom is -0.508 e. The molecule has 2 aliphatic rings. The molecule has 0 saturated carbocycles. The van der Waals surface area contributed by atoms with E-state index in [1.54, 1.807) is 30.3 Å². The van der Waals surface area contributed by atoms with E-state index in [1.165, 1.54) is 0 Å². The molecule has 0 amide bonds. The molecule has 7 aromatic rings. The maximum absolute atomic E-state index is 11.4. The maximum atomic E-state index is 11.4. The number of hydrogen-bond donors (Lipinski definition) is 8. The highest BCUT2D eigenvalue weighted by molar-refractivity contribution is 6.18. The second kappa shape index (κ2) is 14.1. The van der Waals surface area contributed by atoms with Crippen LogP contribution >= 0.6 is 0 Å². The Labute approximate surface area is 338 Å². The van der Waals surface area contributed by atoms with E-state index in [9.17, 15) is 35.7 Å². The molecule has 0 aliphatic heterocycles. The summed E-state index contributed by atoms with van der Waals surface area (Å²) in [7, 11) is 0. The lowest BCUT2D eigenvalue weighted by Gasteiger charge is -2.35. The smallest absolute Gasteiger partial charge is 0.208 e. The molecule has 1 heterocycles. The van der Waals surface area contributed by atoms with Crippen molar-refractivity contribution >= 4 is 49.7 Å². The quantitative estimate of drug-likeness (QED) is 0.0336. The van der Waals surface area contributed by atoms with Crippen LogP contribution in [0.2, 0.25) is 0 Å². The summed E-state index contributed by atoms with van der Waals surface area (Å²) in [5, 5.41) is 77.1. The van der Waals surface area contributed by atoms with E-state index in [0.717, 1.165) is 57.0 Å². The van der Waals surface area contributed by atoms with E-state index < -0.39 is 45.8 Å². The van der Waals surface area contributed by atoms with Gasteiger partial charge in [0.1, 0.15) is 34.1 Å². The van der Waals surface area contributed by atoms with Gasteiger partial charge in [0.25, 0.3) is 0 Å². The molecule has 59 heavy (non-hydrogen) atoms. The normalized spacial score (nSPS) is 17.4. The second-order valence-corrected chi connectivity index (χ2v) is 15.3. The van der Waals surface area contributed by atoms with E-state index in [-0.39, 0.29) is 17.3 Å². The molecule has 10 nitrogen and oxygen atoms in total. The summed E-state index contributed by atoms with van der Waals surface area (Å²) in [6.45, 7) is 2.03. The van der Waals surface area contributed by atoms with Crippen LogP contribution in [0.1, 0.15) is 54.5 Å². The van der Waals surface area contributed by atoms with Crippen molar-refractivity contribution in [2.75, 3.05) is 0 Å². The van der Waals surface area contributed by atoms with Gasteiger partial charge in [0, 0.05) is 21.8 Å². The molecule has 1 aromatic heterocycles. The summed E-state index contributed by atoms with van der Waals surface area (Å²) in [5.41, 5.74) is 12.7. The number of nitrogens with two attached hydrogens (primary N) is 1. The van der Waals surface area contributed by atoms with Gasteiger partial charge in [0.15, 0.2) is 11.5 Å². The fraction of sp³-hybridized carbons (Fsp3) is 0.122. The van der Waals surface area contributed by atoms with Gasteiger partial charge in [-0.3, -0.25) is 4.99 Å². The minimum atomic E-state index is -1.08. The van der Waals surface area contributed by atoms with Crippen molar-refractivity contribution in [1.29, 1.82) is 0 Å². The van der Waals surface area contributed by atoms with Gasteiger partial charge >= 0.3 is 0 Å². The van der Waals surface area contributed by atoms with Crippen LogP contribution in [-0.2, 0) is 0 Å². The Bertz CT molecular complexity index is 3000. The lowest BCUT2D eigenvalue weighted by molar-refractivity contribution is 0.327. The van der Waals surface area contributed by atoms with E-state index in [1.807, 2.05) is 73.7 Å². The highest BCUT2D eigenvalue weighted by Crippen LogP contribution is 2.52. The molecule has 0 spiro atoms. The zero-order valence-corrected chi connectivity index (χ0v) is 31.9. The molecule has 6 aromatic carbocycles. The van der Waals surface area contributed by atoms with Gasteiger partial charge < -0.3 is 45.9 Å². The first-order valence-corrected chi connectivity index (χ1v) is 19.2. The molecule has 9 rings (SSSR count). The number of aliphatic imine (C=N–C) groups is 1. The van der Waals surface area contributed by atoms with Crippen molar-refractivity contribution in [3.05, 3.63) is 150 Å². The van der Waals surface area contributed by atoms with E-state index in [4.69, 9.17) is 15.1 Å². The number of hydrogen-bond acceptors (Lipinski definition) is 9. The molecule has 10 heteroatoms. The molecule has 0 radical (unpaired) electrons. The van der Waals surface area contributed by atoms with Crippen LogP contribution in [0.15, 0.2) is 137 Å². The van der Waals surface area contributed by atoms with Gasteiger partial charge in [-0.15, -0.1) is 0 Å². The van der Waals surface area contributed by atoms with Crippen LogP contribution in [0, 0.1) is 5.41 Å². The van der Waals surface area contributed by atoms with Crippen molar-refractivity contribution in [2.24, 2.45) is 16.1 Å². The SMILES string of the molecule is CC1(C(N=C(N)c2c(O)c(O)c(O)c(O)c2O)c2ccc(C3=CCCC=C3)cc2)C=CC(c2ccc(-c3c(O)ccc4oc5ccc(O)cc5c34)c3ccccc23)=CC1. The summed E-state index contributed by atoms with van der Waals surface area (Å²) < 4.78 is 6.12. The van der Waals surface area contributed by atoms with Crippen molar-refractivity contribution in [1.82, 2.24) is 0 Å². The van der Waals surface area contributed by atoms with Crippen LogP contribution in [0.3, 0.4) is 0 Å². The molecule has 2 aliphatic carbocycles. The standard InChI is InChI=1S/C49H40N2O8/c1-49(47(29-13-11-27(12-14-29)26-7-3-2-4-8-26)51-48(50)41-42(54)44(56)46(58)45(57)43(41)55)23-21-28(22-24-49)31-16-17-34(33-10-6-5-9-32(31)33)39-36(53)18-20-38-40(39)35-25-30(52)15-19-37(35)59-38/h3,5-23,25,47,52-58H,2,4,24H2,1H3,(H2,50,51). The number of benzene rings is 6. The lowest BCUT2D eigenvalue weighted by atomic mass is 9.72. The van der Waals surface area contributed by atoms with Crippen molar-refractivity contribution in [3.8, 4) is 51.4 Å². The predicted molar refractivity (Wildman–Crippen MR) is 231 cm³/mol. The Hall–Kier alpha value is -7.59. The number of rotatable bonds is 7. The van der Waals surface area contributed by atoms with E-state index >= 15 is 0 Å². The van der Waals surface area contributed by atoms with Crippen LogP contribution < -0.4 is 5.73 Å². The topological polar surface area (TPSA) is 193 Å². The highest BCUT2D eigenvalue weighted by atomic mass is 16.4. The summed E-state index contributed by atoms with van der Waals surface area (Å²) in [6.07, 6.45) is 15.1. The fourth-order valence-electron chi connectivity index (χ4n) is 8.46. The molecule has 0 bridgehead atoms. The Morgan fingerprint density at radius 2 is 1.36 bits per heavy atom. The number of phenolic OH excluding ortho intramolecular Hbond substituents is 7. The minimum absolute atomic E-state index is 0.0826. The molecular formula is C49H40N2O8. The molecular weight excluding hydrogens is 745 g/mol. The van der Waals surface area contributed by atoms with E-state index in [0.29, 0.717) is 33.9 Å². The average Bonchev–Trinajstić information content (AvgIpc) is 3.62. The monoisotopic (exact) mass is 784 g/mol. The Morgan fingerprint density at radius 3 is 2.03 bits per heavy atom. The Morgan fingerprint density at radius 1 is 0.678 bits per heavy atom. The number of fused-ring (bicyclic) bond motifs is 4. The zero-order chi connectivity index (χ0) is 41.2. The third-order valence-electron chi connectivity index (χ3n) is 11.6. The summed E-state index contributed by atoms with van der Waals surface area (Å²) in [5.74, 6) is -5.19. The van der Waals surface area contributed by atoms with Crippen LogP contribution in [0.25, 0.3) is 55.0 Å². The second-order valence-electron chi connectivity index (χ2n) is 15.3. The third-order valence-corrected chi connectivity index (χ3v) is 11.6. The van der Waals surface area contributed by atoms with Crippen LogP contribution in [0.5, 0.6) is 40.2 Å². The molecule has 294 valence electrons. The Balaban J connectivity index is 1.13. The number of nitrogens with zero attached hydrogens (tertiary/aromatic N) is 1. The molecule has 2 atom stereocenters. The first kappa shape index (κ1) is 37.0. The van der Waals surface area contributed by atoms with Gasteiger partial charge in [-0.1, -0.05) is 104 Å². The fourth-order valence-corrected chi connectivity index (χ4v) is 8.46. The highest BCUT2D eigenvalue weighted by Gasteiger charge is 2.36. The lowest BCUT2D eigenvalue weighted by Crippen LogP contribution is -2.26. The summed E-state index contributed by atoms with van der Waals surface area (Å²) in [4.78, 5) is 4.85. The number of furan rings is 1. The van der Waals surface area contributed by atoms with Crippen molar-refractivity contribution < 1.29 is 40.2 Å². The van der Waals surface area contributed by atoms with Crippen molar-refractivity contribution in [3.63, 3.8) is 0 Å². The first-order chi connectivity index (χ1) is 28.4. The zero-order valence-electron chi connectivity index (χ0n) is 31.9. The molecule has 0 fully saturated rings. The van der Waals surface area contributed by atoms with Crippen LogP contribution in [-0.4, -0.2) is 41.6 Å². The molecule has 2 unspecified atom stereocenters. The van der Waals surface area contributed by atoms with Crippen LogP contribution in [0.4, 0.5) is 0 Å². The first-order valence-electron chi connectivity index (χ1n) is 19.2. The number of phenols is 7. The average molecular weight is 785 g/mol. The van der Waals surface area contributed by atoms with Gasteiger partial charge in [-0.2, -0.15) is 0 Å². The van der Waals surface area contributed by atoms with E-state index in [2.05, 4.69) is 30.4 Å². The van der Waals surface area contributed by atoms with Crippen molar-refractivity contribution in [2.45, 2.75) is 32.2 Å². The number of amidine groups is 1. The Kier molecular flexibility index (Phi) is 8.85. The van der Waals surface area contributed by atoms with Gasteiger partial charge in [-0.05, 0) is 93.8 Å². The third kappa shape index (κ3) is 6.17. The van der Waals surface area contributed by atoms with Gasteiger partial charge in [-0.25, -0.2) is 0 Å². The summed E-state index contributed by atoms with van der Waals surface area (Å²) >= 11 is 0. The van der Waals surface area contributed by atoms with Gasteiger partial charge in [0.2, 0.25) is 17.2 Å². The van der Waals surface area contributed by atoms with Gasteiger partial charge in [0.05, 0.1) is 6.04 Å². The summed E-state index contributed by atoms with van der Waals surface area (Å²) in [6, 6.07) is 27.6.